The van der Waals surface area contributed by atoms with Crippen molar-refractivity contribution in [3.8, 4) is 0 Å². The van der Waals surface area contributed by atoms with Crippen molar-refractivity contribution < 1.29 is 9.53 Å². The monoisotopic (exact) mass is 354 g/mol. The molecule has 0 saturated carbocycles. The van der Waals surface area contributed by atoms with Gasteiger partial charge in [0.2, 0.25) is 0 Å². The average Bonchev–Trinajstić information content (AvgIpc) is 2.65. The molecule has 2 nitrogen and oxygen atoms in total. The van der Waals surface area contributed by atoms with Gasteiger partial charge in [-0.1, -0.05) is 0 Å². The normalized spacial score (nSPS) is 17.5. The molecule has 0 radical (unpaired) electrons. The fourth-order valence-corrected chi connectivity index (χ4v) is 8.71. The van der Waals surface area contributed by atoms with E-state index in [-0.39, 0.29) is 11.4 Å². The molecular weight excluding hydrogens is 334 g/mol. The van der Waals surface area contributed by atoms with Gasteiger partial charge >= 0.3 is 145 Å². The fraction of sp³-hybridized carbons (Fsp3) is 0.100. The summed E-state index contributed by atoms with van der Waals surface area (Å²) in [7, 11) is 2.33. The quantitative estimate of drug-likeness (QED) is 0.777. The molecule has 0 bridgehead atoms. The van der Waals surface area contributed by atoms with Gasteiger partial charge < -0.3 is 0 Å². The molecule has 24 heavy (non-hydrogen) atoms. The van der Waals surface area contributed by atoms with Crippen LogP contribution >= 0.6 is 16.1 Å². The zero-order valence-electron chi connectivity index (χ0n) is 13.5. The van der Waals surface area contributed by atoms with Crippen molar-refractivity contribution in [2.24, 2.45) is 0 Å². The van der Waals surface area contributed by atoms with Gasteiger partial charge in [-0.25, -0.2) is 0 Å². The van der Waals surface area contributed by atoms with Crippen molar-refractivity contribution in [3.63, 3.8) is 0 Å². The molecule has 0 spiro atoms. The Labute approximate surface area is 145 Å². The number of carbonyl (C=O) groups excluding carboxylic acids is 1. The molecule has 1 unspecified atom stereocenters. The van der Waals surface area contributed by atoms with E-state index in [1.54, 1.807) is 0 Å². The van der Waals surface area contributed by atoms with Crippen LogP contribution in [-0.2, 0) is 4.74 Å². The number of allylic oxidation sites excluding steroid dienone is 4. The third-order valence-corrected chi connectivity index (χ3v) is 10.00. The second-order valence-corrected chi connectivity index (χ2v) is 10.1. The molecule has 0 fully saturated rings. The van der Waals surface area contributed by atoms with Crippen molar-refractivity contribution in [2.75, 3.05) is 7.11 Å². The number of rotatable bonds is 4. The molecule has 0 saturated heterocycles. The molecule has 2 aromatic carbocycles. The van der Waals surface area contributed by atoms with E-state index in [2.05, 4.69) is 14.9 Å². The number of methoxy groups -OCH3 is 1. The van der Waals surface area contributed by atoms with Crippen LogP contribution in [0.3, 0.4) is 0 Å². The summed E-state index contributed by atoms with van der Waals surface area (Å²) in [5, 5.41) is 3.09. The van der Waals surface area contributed by atoms with Crippen molar-refractivity contribution in [2.45, 2.75) is 5.66 Å². The number of hydrogen-bond donors (Lipinski definition) is 0. The van der Waals surface area contributed by atoms with E-state index >= 15 is 0 Å². The van der Waals surface area contributed by atoms with E-state index in [0.29, 0.717) is 0 Å². The van der Waals surface area contributed by atoms with E-state index < -0.39 is 7.26 Å². The fourth-order valence-electron chi connectivity index (χ4n) is 3.37. The van der Waals surface area contributed by atoms with Gasteiger partial charge in [0.1, 0.15) is 0 Å². The van der Waals surface area contributed by atoms with Crippen molar-refractivity contribution >= 4 is 37.7 Å². The van der Waals surface area contributed by atoms with Crippen LogP contribution in [0.4, 0.5) is 4.79 Å². The molecule has 2 aromatic rings. The van der Waals surface area contributed by atoms with Gasteiger partial charge in [-0.3, -0.25) is 0 Å². The van der Waals surface area contributed by atoms with Gasteiger partial charge in [0, 0.05) is 0 Å². The summed E-state index contributed by atoms with van der Waals surface area (Å²) in [5.74, 6) is 0. The first kappa shape index (κ1) is 16.8. The van der Waals surface area contributed by atoms with E-state index in [0.717, 1.165) is 15.9 Å². The molecular formula is C20H20O2P2. The zero-order chi connectivity index (χ0) is 17.0. The number of hydrogen-bond acceptors (Lipinski definition) is 2. The van der Waals surface area contributed by atoms with Crippen LogP contribution in [0, 0.1) is 0 Å². The Morgan fingerprint density at radius 2 is 1.50 bits per heavy atom. The SMILES string of the molecule is COC(=O)[PH](c1ccccc1)(c1ccccc1)C1C=CC=CC1=P. The third kappa shape index (κ3) is 2.77. The van der Waals surface area contributed by atoms with Gasteiger partial charge in [-0.2, -0.15) is 0 Å². The van der Waals surface area contributed by atoms with Gasteiger partial charge in [-0.15, -0.1) is 0 Å². The summed E-state index contributed by atoms with van der Waals surface area (Å²) in [6.07, 6.45) is 8.10. The first-order valence-corrected chi connectivity index (χ1v) is 10.4. The van der Waals surface area contributed by atoms with Gasteiger partial charge in [0.25, 0.3) is 0 Å². The molecule has 4 heteroatoms. The summed E-state index contributed by atoms with van der Waals surface area (Å²) in [4.78, 5) is 13.2. The van der Waals surface area contributed by atoms with Crippen LogP contribution in [0.15, 0.2) is 85.0 Å². The maximum absolute atomic E-state index is 13.2. The second-order valence-electron chi connectivity index (χ2n) is 5.71. The van der Waals surface area contributed by atoms with E-state index in [1.807, 2.05) is 78.9 Å². The Kier molecular flexibility index (Phi) is 5.09. The van der Waals surface area contributed by atoms with Crippen molar-refractivity contribution in [1.29, 1.82) is 0 Å². The average molecular weight is 354 g/mol. The van der Waals surface area contributed by atoms with Gasteiger partial charge in [0.15, 0.2) is 0 Å². The van der Waals surface area contributed by atoms with E-state index in [4.69, 9.17) is 4.74 Å². The number of ether oxygens (including phenoxy) is 1. The molecule has 122 valence electrons. The van der Waals surface area contributed by atoms with Crippen LogP contribution < -0.4 is 10.6 Å². The molecule has 1 aliphatic carbocycles. The second kappa shape index (κ2) is 7.26. The van der Waals surface area contributed by atoms with E-state index in [1.165, 1.54) is 7.11 Å². The zero-order valence-corrected chi connectivity index (χ0v) is 15.5. The van der Waals surface area contributed by atoms with Crippen LogP contribution in [0.5, 0.6) is 0 Å². The van der Waals surface area contributed by atoms with Crippen LogP contribution in [-0.4, -0.2) is 23.8 Å². The van der Waals surface area contributed by atoms with Crippen molar-refractivity contribution in [1.82, 2.24) is 0 Å². The topological polar surface area (TPSA) is 26.3 Å². The first-order chi connectivity index (χ1) is 11.7. The number of carbonyl (C=O) groups is 1. The predicted octanol–water partition coefficient (Wildman–Crippen LogP) is 3.96. The summed E-state index contributed by atoms with van der Waals surface area (Å²) in [5.41, 5.74) is -0.183. The maximum atomic E-state index is 13.2. The van der Waals surface area contributed by atoms with E-state index in [9.17, 15) is 4.79 Å². The molecule has 0 N–H and O–H groups in total. The summed E-state index contributed by atoms with van der Waals surface area (Å²) < 4.78 is 5.36. The molecule has 0 amide bonds. The molecule has 0 aliphatic heterocycles. The predicted molar refractivity (Wildman–Crippen MR) is 108 cm³/mol. The standard InChI is InChI=1S/C20H20O2P2/c1-22-20(21)24(16-10-4-2-5-11-16,17-12-6-3-7-13-17)19-15-9-8-14-18(19)23/h2-15,19,23-24H,1H3. The Morgan fingerprint density at radius 3 is 1.96 bits per heavy atom. The Morgan fingerprint density at radius 1 is 0.958 bits per heavy atom. The summed E-state index contributed by atoms with van der Waals surface area (Å²) >= 11 is 0. The minimum absolute atomic E-state index is 0.0450. The Hall–Kier alpha value is -2.01. The molecule has 1 aliphatic rings. The van der Waals surface area contributed by atoms with Crippen molar-refractivity contribution in [3.05, 3.63) is 85.0 Å². The van der Waals surface area contributed by atoms with Gasteiger partial charge in [-0.05, 0) is 0 Å². The minimum atomic E-state index is -2.90. The summed E-state index contributed by atoms with van der Waals surface area (Å²) in [6, 6.07) is 20.1. The van der Waals surface area contributed by atoms with Crippen LogP contribution in [0.25, 0.3) is 0 Å². The molecule has 0 heterocycles. The number of benzene rings is 2. The van der Waals surface area contributed by atoms with Crippen LogP contribution in [0.2, 0.25) is 0 Å². The Bertz CT molecular complexity index is 755. The molecule has 1 atom stereocenters. The third-order valence-electron chi connectivity index (χ3n) is 4.46. The molecule has 0 aromatic heterocycles. The summed E-state index contributed by atoms with van der Waals surface area (Å²) in [6.45, 7) is 0. The van der Waals surface area contributed by atoms with Gasteiger partial charge in [0.05, 0.1) is 0 Å². The van der Waals surface area contributed by atoms with Crippen LogP contribution in [0.1, 0.15) is 0 Å². The Balaban J connectivity index is 2.33. The molecule has 3 rings (SSSR count). The first-order valence-electron chi connectivity index (χ1n) is 7.84.